The molecule has 1 unspecified atom stereocenters. The minimum absolute atomic E-state index is 0.232. The van der Waals surface area contributed by atoms with Crippen LogP contribution in [0.5, 0.6) is 0 Å². The van der Waals surface area contributed by atoms with Gasteiger partial charge in [0.05, 0.1) is 25.5 Å². The second-order valence-electron chi connectivity index (χ2n) is 6.69. The van der Waals surface area contributed by atoms with Crippen LogP contribution < -0.4 is 10.6 Å². The molecule has 1 atom stereocenters. The molecular weight excluding hydrogens is 340 g/mol. The first-order valence-electron chi connectivity index (χ1n) is 9.70. The summed E-state index contributed by atoms with van der Waals surface area (Å²) in [5.74, 6) is 1.79. The van der Waals surface area contributed by atoms with Crippen LogP contribution in [0.25, 0.3) is 0 Å². The lowest BCUT2D eigenvalue weighted by Crippen LogP contribution is -2.43. The van der Waals surface area contributed by atoms with Gasteiger partial charge in [0, 0.05) is 20.1 Å². The van der Waals surface area contributed by atoms with E-state index < -0.39 is 0 Å². The Bertz CT molecular complexity index is 667. The Balaban J connectivity index is 1.39. The quantitative estimate of drug-likeness (QED) is 0.404. The third-order valence-corrected chi connectivity index (χ3v) is 4.79. The predicted molar refractivity (Wildman–Crippen MR) is 108 cm³/mol. The molecule has 27 heavy (non-hydrogen) atoms. The van der Waals surface area contributed by atoms with Crippen LogP contribution in [-0.2, 0) is 11.3 Å². The van der Waals surface area contributed by atoms with Gasteiger partial charge in [-0.15, -0.1) is 0 Å². The van der Waals surface area contributed by atoms with Crippen molar-refractivity contribution in [1.82, 2.24) is 15.5 Å². The zero-order valence-corrected chi connectivity index (χ0v) is 16.1. The van der Waals surface area contributed by atoms with Crippen LogP contribution in [0.4, 0.5) is 0 Å². The standard InChI is InChI=1S/C21H30N4O2/c1-22-21(23-11-15-26-17-18-8-3-2-4-9-18)24-16-19(20-10-7-14-27-20)25-12-5-6-13-25/h2-4,7-10,14,19H,5-6,11-13,15-17H2,1H3,(H2,22,23,24). The van der Waals surface area contributed by atoms with Crippen molar-refractivity contribution >= 4 is 5.96 Å². The minimum Gasteiger partial charge on any atom is -0.468 e. The Morgan fingerprint density at radius 2 is 1.96 bits per heavy atom. The lowest BCUT2D eigenvalue weighted by molar-refractivity contribution is 0.125. The number of aliphatic imine (C=N–C) groups is 1. The molecule has 0 bridgehead atoms. The Morgan fingerprint density at radius 3 is 2.67 bits per heavy atom. The molecule has 2 heterocycles. The van der Waals surface area contributed by atoms with Gasteiger partial charge in [0.15, 0.2) is 5.96 Å². The summed E-state index contributed by atoms with van der Waals surface area (Å²) in [6.45, 7) is 4.96. The Morgan fingerprint density at radius 1 is 1.15 bits per heavy atom. The van der Waals surface area contributed by atoms with Gasteiger partial charge in [-0.05, 0) is 43.6 Å². The number of rotatable bonds is 9. The summed E-state index contributed by atoms with van der Waals surface area (Å²) in [6, 6.07) is 14.4. The van der Waals surface area contributed by atoms with Gasteiger partial charge in [0.2, 0.25) is 0 Å². The van der Waals surface area contributed by atoms with Crippen molar-refractivity contribution in [3.8, 4) is 0 Å². The fraction of sp³-hybridized carbons (Fsp3) is 0.476. The van der Waals surface area contributed by atoms with Crippen LogP contribution in [0.15, 0.2) is 58.1 Å². The maximum absolute atomic E-state index is 5.71. The second-order valence-corrected chi connectivity index (χ2v) is 6.69. The number of hydrogen-bond acceptors (Lipinski definition) is 4. The zero-order valence-electron chi connectivity index (χ0n) is 16.1. The predicted octanol–water partition coefficient (Wildman–Crippen LogP) is 2.80. The molecule has 0 saturated carbocycles. The van der Waals surface area contributed by atoms with Crippen LogP contribution in [0, 0.1) is 0 Å². The normalized spacial score (nSPS) is 16.4. The van der Waals surface area contributed by atoms with E-state index in [2.05, 4.69) is 38.7 Å². The SMILES string of the molecule is CN=C(NCCOCc1ccccc1)NCC(c1ccco1)N1CCCC1. The number of guanidine groups is 1. The van der Waals surface area contributed by atoms with E-state index in [9.17, 15) is 0 Å². The van der Waals surface area contributed by atoms with Gasteiger partial charge < -0.3 is 19.8 Å². The molecule has 1 aromatic heterocycles. The minimum atomic E-state index is 0.232. The van der Waals surface area contributed by atoms with Gasteiger partial charge >= 0.3 is 0 Å². The lowest BCUT2D eigenvalue weighted by atomic mass is 10.2. The lowest BCUT2D eigenvalue weighted by Gasteiger charge is -2.26. The first-order chi connectivity index (χ1) is 13.4. The average Bonchev–Trinajstić information content (AvgIpc) is 3.42. The maximum atomic E-state index is 5.71. The van der Waals surface area contributed by atoms with Crippen molar-refractivity contribution in [2.75, 3.05) is 39.8 Å². The summed E-state index contributed by atoms with van der Waals surface area (Å²) < 4.78 is 11.4. The summed E-state index contributed by atoms with van der Waals surface area (Å²) in [7, 11) is 1.79. The Hall–Kier alpha value is -2.31. The molecule has 0 radical (unpaired) electrons. The van der Waals surface area contributed by atoms with Gasteiger partial charge in [-0.2, -0.15) is 0 Å². The highest BCUT2D eigenvalue weighted by Crippen LogP contribution is 2.24. The monoisotopic (exact) mass is 370 g/mol. The molecule has 1 fully saturated rings. The van der Waals surface area contributed by atoms with Gasteiger partial charge in [-0.25, -0.2) is 0 Å². The van der Waals surface area contributed by atoms with E-state index >= 15 is 0 Å². The van der Waals surface area contributed by atoms with Crippen LogP contribution in [0.1, 0.15) is 30.2 Å². The molecule has 6 nitrogen and oxygen atoms in total. The third-order valence-electron chi connectivity index (χ3n) is 4.79. The Kier molecular flexibility index (Phi) is 7.74. The molecule has 1 aliphatic rings. The smallest absolute Gasteiger partial charge is 0.191 e. The number of ether oxygens (including phenoxy) is 1. The van der Waals surface area contributed by atoms with Crippen molar-refractivity contribution < 1.29 is 9.15 Å². The molecular formula is C21H30N4O2. The summed E-state index contributed by atoms with van der Waals surface area (Å²) >= 11 is 0. The fourth-order valence-corrected chi connectivity index (χ4v) is 3.36. The molecule has 3 rings (SSSR count). The number of likely N-dealkylation sites (tertiary alicyclic amines) is 1. The van der Waals surface area contributed by atoms with E-state index in [1.807, 2.05) is 24.3 Å². The topological polar surface area (TPSA) is 62.0 Å². The molecule has 1 saturated heterocycles. The van der Waals surface area contributed by atoms with Crippen LogP contribution in [-0.4, -0.2) is 50.7 Å². The molecule has 2 N–H and O–H groups in total. The first-order valence-corrected chi connectivity index (χ1v) is 9.70. The molecule has 1 aromatic carbocycles. The van der Waals surface area contributed by atoms with Crippen molar-refractivity contribution in [1.29, 1.82) is 0 Å². The van der Waals surface area contributed by atoms with Gasteiger partial charge in [0.25, 0.3) is 0 Å². The number of hydrogen-bond donors (Lipinski definition) is 2. The molecule has 0 amide bonds. The highest BCUT2D eigenvalue weighted by atomic mass is 16.5. The number of benzene rings is 1. The van der Waals surface area contributed by atoms with E-state index in [-0.39, 0.29) is 6.04 Å². The van der Waals surface area contributed by atoms with Gasteiger partial charge in [-0.1, -0.05) is 30.3 Å². The third kappa shape index (κ3) is 6.12. The number of nitrogens with one attached hydrogen (secondary N) is 2. The van der Waals surface area contributed by atoms with Crippen LogP contribution >= 0.6 is 0 Å². The highest BCUT2D eigenvalue weighted by molar-refractivity contribution is 5.79. The molecule has 0 spiro atoms. The summed E-state index contributed by atoms with van der Waals surface area (Å²) in [5, 5.41) is 6.74. The van der Waals surface area contributed by atoms with Crippen LogP contribution in [0.2, 0.25) is 0 Å². The molecule has 146 valence electrons. The van der Waals surface area contributed by atoms with E-state index in [1.54, 1.807) is 13.3 Å². The maximum Gasteiger partial charge on any atom is 0.191 e. The average molecular weight is 370 g/mol. The summed E-state index contributed by atoms with van der Waals surface area (Å²) in [5.41, 5.74) is 1.19. The van der Waals surface area contributed by atoms with Crippen molar-refractivity contribution in [3.63, 3.8) is 0 Å². The zero-order chi connectivity index (χ0) is 18.7. The second kappa shape index (κ2) is 10.7. The summed E-state index contributed by atoms with van der Waals surface area (Å²) in [6.07, 6.45) is 4.25. The van der Waals surface area contributed by atoms with E-state index in [4.69, 9.17) is 9.15 Å². The van der Waals surface area contributed by atoms with Crippen molar-refractivity contribution in [2.45, 2.75) is 25.5 Å². The largest absolute Gasteiger partial charge is 0.468 e. The molecule has 6 heteroatoms. The van der Waals surface area contributed by atoms with Crippen molar-refractivity contribution in [3.05, 3.63) is 60.1 Å². The van der Waals surface area contributed by atoms with E-state index in [0.29, 0.717) is 19.8 Å². The van der Waals surface area contributed by atoms with Crippen molar-refractivity contribution in [2.24, 2.45) is 4.99 Å². The van der Waals surface area contributed by atoms with E-state index in [1.165, 1.54) is 18.4 Å². The van der Waals surface area contributed by atoms with Crippen LogP contribution in [0.3, 0.4) is 0 Å². The summed E-state index contributed by atoms with van der Waals surface area (Å²) in [4.78, 5) is 6.79. The highest BCUT2D eigenvalue weighted by Gasteiger charge is 2.25. The molecule has 0 aliphatic carbocycles. The number of nitrogens with zero attached hydrogens (tertiary/aromatic N) is 2. The molecule has 2 aromatic rings. The first kappa shape index (κ1) is 19.5. The number of furan rings is 1. The van der Waals surface area contributed by atoms with Gasteiger partial charge in [-0.3, -0.25) is 9.89 Å². The Labute approximate surface area is 161 Å². The molecule has 1 aliphatic heterocycles. The van der Waals surface area contributed by atoms with E-state index in [0.717, 1.165) is 31.4 Å². The van der Waals surface area contributed by atoms with Gasteiger partial charge in [0.1, 0.15) is 5.76 Å². The fourth-order valence-electron chi connectivity index (χ4n) is 3.36.